The molecule has 0 spiro atoms. The lowest BCUT2D eigenvalue weighted by atomic mass is 10.0. The lowest BCUT2D eigenvalue weighted by Crippen LogP contribution is -2.15. The molecule has 0 aliphatic heterocycles. The standard InChI is InChI=1S/C24H48O2S/c1-3-5-6-7-8-9-10-11-12-13-14-15-16-17-18-19-20-21-22-27-23(4-2)24(25)26/h23H,3-22H2,1-2H3,(H,25,26). The minimum Gasteiger partial charge on any atom is -0.480 e. The topological polar surface area (TPSA) is 37.3 Å². The van der Waals surface area contributed by atoms with E-state index in [2.05, 4.69) is 6.92 Å². The smallest absolute Gasteiger partial charge is 0.316 e. The van der Waals surface area contributed by atoms with E-state index in [1.807, 2.05) is 6.92 Å². The van der Waals surface area contributed by atoms with Crippen molar-refractivity contribution in [2.45, 2.75) is 141 Å². The van der Waals surface area contributed by atoms with E-state index in [4.69, 9.17) is 5.11 Å². The Kier molecular flexibility index (Phi) is 22.0. The van der Waals surface area contributed by atoms with Crippen molar-refractivity contribution < 1.29 is 9.90 Å². The normalized spacial score (nSPS) is 12.4. The zero-order valence-electron chi connectivity index (χ0n) is 18.5. The zero-order valence-corrected chi connectivity index (χ0v) is 19.3. The van der Waals surface area contributed by atoms with Gasteiger partial charge < -0.3 is 5.11 Å². The molecule has 0 bridgehead atoms. The lowest BCUT2D eigenvalue weighted by molar-refractivity contribution is -0.136. The van der Waals surface area contributed by atoms with Crippen molar-refractivity contribution in [1.82, 2.24) is 0 Å². The SMILES string of the molecule is CCCCCCCCCCCCCCCCCCCCSC(CC)C(=O)O. The molecule has 0 saturated carbocycles. The van der Waals surface area contributed by atoms with Crippen LogP contribution in [0, 0.1) is 0 Å². The Balaban J connectivity index is 3.10. The van der Waals surface area contributed by atoms with E-state index >= 15 is 0 Å². The summed E-state index contributed by atoms with van der Waals surface area (Å²) in [6.45, 7) is 4.25. The van der Waals surface area contributed by atoms with Crippen LogP contribution in [0.5, 0.6) is 0 Å². The van der Waals surface area contributed by atoms with E-state index < -0.39 is 5.97 Å². The molecule has 0 radical (unpaired) electrons. The van der Waals surface area contributed by atoms with Gasteiger partial charge in [-0.25, -0.2) is 0 Å². The van der Waals surface area contributed by atoms with Crippen molar-refractivity contribution in [1.29, 1.82) is 0 Å². The molecule has 162 valence electrons. The van der Waals surface area contributed by atoms with E-state index in [0.717, 1.165) is 12.2 Å². The second-order valence-corrected chi connectivity index (χ2v) is 9.43. The van der Waals surface area contributed by atoms with Gasteiger partial charge >= 0.3 is 5.97 Å². The maximum absolute atomic E-state index is 10.9. The van der Waals surface area contributed by atoms with Crippen LogP contribution in [-0.2, 0) is 4.79 Å². The first kappa shape index (κ1) is 26.8. The van der Waals surface area contributed by atoms with Crippen molar-refractivity contribution in [3.63, 3.8) is 0 Å². The van der Waals surface area contributed by atoms with Gasteiger partial charge in [0.1, 0.15) is 5.25 Å². The number of aliphatic carboxylic acids is 1. The van der Waals surface area contributed by atoms with Gasteiger partial charge in [-0.3, -0.25) is 4.79 Å². The van der Waals surface area contributed by atoms with E-state index in [9.17, 15) is 4.79 Å². The summed E-state index contributed by atoms with van der Waals surface area (Å²) in [5.41, 5.74) is 0. The molecule has 27 heavy (non-hydrogen) atoms. The molecule has 0 aromatic rings. The molecule has 1 atom stereocenters. The van der Waals surface area contributed by atoms with E-state index in [0.29, 0.717) is 0 Å². The average molecular weight is 401 g/mol. The van der Waals surface area contributed by atoms with Gasteiger partial charge in [-0.2, -0.15) is 0 Å². The number of thioether (sulfide) groups is 1. The van der Waals surface area contributed by atoms with E-state index in [-0.39, 0.29) is 5.25 Å². The summed E-state index contributed by atoms with van der Waals surface area (Å²) < 4.78 is 0. The molecule has 3 heteroatoms. The van der Waals surface area contributed by atoms with Crippen LogP contribution >= 0.6 is 11.8 Å². The van der Waals surface area contributed by atoms with Gasteiger partial charge in [-0.05, 0) is 18.6 Å². The molecule has 0 aliphatic rings. The molecule has 0 amide bonds. The fraction of sp³-hybridized carbons (Fsp3) is 0.958. The van der Waals surface area contributed by atoms with Gasteiger partial charge in [0.25, 0.3) is 0 Å². The Morgan fingerprint density at radius 1 is 0.630 bits per heavy atom. The Labute approximate surface area is 174 Å². The number of hydrogen-bond acceptors (Lipinski definition) is 2. The number of hydrogen-bond donors (Lipinski definition) is 1. The van der Waals surface area contributed by atoms with Crippen LogP contribution in [0.2, 0.25) is 0 Å². The number of rotatable bonds is 22. The Hall–Kier alpha value is -0.180. The second kappa shape index (κ2) is 22.1. The van der Waals surface area contributed by atoms with Crippen molar-refractivity contribution in [2.24, 2.45) is 0 Å². The number of carbonyl (C=O) groups is 1. The molecule has 0 aromatic carbocycles. The first-order chi connectivity index (χ1) is 13.2. The van der Waals surface area contributed by atoms with Crippen LogP contribution in [0.15, 0.2) is 0 Å². The third-order valence-corrected chi connectivity index (χ3v) is 6.92. The highest BCUT2D eigenvalue weighted by atomic mass is 32.2. The summed E-state index contributed by atoms with van der Waals surface area (Å²) in [6, 6.07) is 0. The lowest BCUT2D eigenvalue weighted by Gasteiger charge is -2.08. The van der Waals surface area contributed by atoms with Gasteiger partial charge in [0.05, 0.1) is 0 Å². The van der Waals surface area contributed by atoms with Gasteiger partial charge in [0.15, 0.2) is 0 Å². The molecule has 0 rings (SSSR count). The minimum absolute atomic E-state index is 0.198. The highest BCUT2D eigenvalue weighted by Gasteiger charge is 2.14. The molecule has 1 N–H and O–H groups in total. The van der Waals surface area contributed by atoms with Gasteiger partial charge in [0, 0.05) is 0 Å². The molecule has 0 aromatic heterocycles. The fourth-order valence-corrected chi connectivity index (χ4v) is 4.63. The largest absolute Gasteiger partial charge is 0.480 e. The maximum atomic E-state index is 10.9. The van der Waals surface area contributed by atoms with Crippen molar-refractivity contribution in [2.75, 3.05) is 5.75 Å². The van der Waals surface area contributed by atoms with Crippen LogP contribution in [0.4, 0.5) is 0 Å². The van der Waals surface area contributed by atoms with Gasteiger partial charge in [-0.15, -0.1) is 11.8 Å². The van der Waals surface area contributed by atoms with Crippen LogP contribution in [0.1, 0.15) is 136 Å². The summed E-state index contributed by atoms with van der Waals surface area (Å²) in [6.07, 6.45) is 25.9. The van der Waals surface area contributed by atoms with Crippen LogP contribution < -0.4 is 0 Å². The highest BCUT2D eigenvalue weighted by Crippen LogP contribution is 2.18. The molecule has 2 nitrogen and oxygen atoms in total. The van der Waals surface area contributed by atoms with E-state index in [1.54, 1.807) is 11.8 Å². The molecule has 1 unspecified atom stereocenters. The maximum Gasteiger partial charge on any atom is 0.316 e. The summed E-state index contributed by atoms with van der Waals surface area (Å²) in [5.74, 6) is 0.355. The predicted molar refractivity (Wildman–Crippen MR) is 123 cm³/mol. The number of unbranched alkanes of at least 4 members (excludes halogenated alkanes) is 17. The quantitative estimate of drug-likeness (QED) is 0.185. The van der Waals surface area contributed by atoms with Crippen molar-refractivity contribution >= 4 is 17.7 Å². The number of carboxylic acid groups (broad SMARTS) is 1. The predicted octanol–water partition coefficient (Wildman–Crippen LogP) is 8.62. The van der Waals surface area contributed by atoms with Crippen LogP contribution in [-0.4, -0.2) is 22.1 Å². The zero-order chi connectivity index (χ0) is 20.0. The summed E-state index contributed by atoms with van der Waals surface area (Å²) in [4.78, 5) is 10.9. The third kappa shape index (κ3) is 20.4. The Morgan fingerprint density at radius 2 is 0.963 bits per heavy atom. The van der Waals surface area contributed by atoms with Crippen LogP contribution in [0.25, 0.3) is 0 Å². The first-order valence-electron chi connectivity index (χ1n) is 12.1. The highest BCUT2D eigenvalue weighted by molar-refractivity contribution is 8.00. The molecule has 0 fully saturated rings. The van der Waals surface area contributed by atoms with Gasteiger partial charge in [-0.1, -0.05) is 123 Å². The summed E-state index contributed by atoms with van der Waals surface area (Å²) in [7, 11) is 0. The molecule has 0 aliphatic carbocycles. The molecular weight excluding hydrogens is 352 g/mol. The fourth-order valence-electron chi connectivity index (χ4n) is 3.59. The van der Waals surface area contributed by atoms with E-state index in [1.165, 1.54) is 116 Å². The first-order valence-corrected chi connectivity index (χ1v) is 13.1. The summed E-state index contributed by atoms with van der Waals surface area (Å²) in [5, 5.41) is 8.81. The third-order valence-electron chi connectivity index (χ3n) is 5.46. The van der Waals surface area contributed by atoms with Gasteiger partial charge in [0.2, 0.25) is 0 Å². The monoisotopic (exact) mass is 400 g/mol. The molecular formula is C24H48O2S. The van der Waals surface area contributed by atoms with Crippen LogP contribution in [0.3, 0.4) is 0 Å². The van der Waals surface area contributed by atoms with Crippen molar-refractivity contribution in [3.05, 3.63) is 0 Å². The van der Waals surface area contributed by atoms with Crippen molar-refractivity contribution in [3.8, 4) is 0 Å². The Morgan fingerprint density at radius 3 is 1.26 bits per heavy atom. The molecule has 0 heterocycles. The number of carboxylic acids is 1. The molecule has 0 saturated heterocycles. The Bertz CT molecular complexity index is 307. The minimum atomic E-state index is -0.648. The average Bonchev–Trinajstić information content (AvgIpc) is 2.66. The summed E-state index contributed by atoms with van der Waals surface area (Å²) >= 11 is 1.62. The second-order valence-electron chi connectivity index (χ2n) is 8.12.